The fourth-order valence-corrected chi connectivity index (χ4v) is 5.29. The lowest BCUT2D eigenvalue weighted by Gasteiger charge is -2.30. The number of hydrogen-bond donors (Lipinski definition) is 2. The smallest absolute Gasteiger partial charge is 0.343 e. The van der Waals surface area contributed by atoms with E-state index in [1.807, 2.05) is 0 Å². The summed E-state index contributed by atoms with van der Waals surface area (Å²) in [6, 6.07) is 11.0. The third-order valence-corrected chi connectivity index (χ3v) is 7.60. The van der Waals surface area contributed by atoms with Gasteiger partial charge in [0.15, 0.2) is 0 Å². The molecule has 1 saturated carbocycles. The molecular formula is C23H26F3N3O4S. The summed E-state index contributed by atoms with van der Waals surface area (Å²) in [6.07, 6.45) is 0.0786. The van der Waals surface area contributed by atoms with Crippen molar-refractivity contribution >= 4 is 27.5 Å². The average Bonchev–Trinajstić information content (AvgIpc) is 2.82. The molecule has 1 fully saturated rings. The van der Waals surface area contributed by atoms with Crippen LogP contribution in [0.1, 0.15) is 52.8 Å². The molecule has 0 bridgehead atoms. The molecular weight excluding hydrogens is 471 g/mol. The number of carbonyl (C=O) groups is 2. The maximum Gasteiger partial charge on any atom is 0.405 e. The van der Waals surface area contributed by atoms with Crippen molar-refractivity contribution in [3.63, 3.8) is 0 Å². The molecule has 2 aromatic rings. The van der Waals surface area contributed by atoms with Gasteiger partial charge in [0.05, 0.1) is 4.90 Å². The van der Waals surface area contributed by atoms with Gasteiger partial charge in [-0.15, -0.1) is 0 Å². The number of alkyl halides is 3. The van der Waals surface area contributed by atoms with Crippen LogP contribution in [0.25, 0.3) is 0 Å². The molecule has 0 atom stereocenters. The van der Waals surface area contributed by atoms with Gasteiger partial charge >= 0.3 is 6.18 Å². The molecule has 0 aromatic heterocycles. The minimum absolute atomic E-state index is 0.00602. The Morgan fingerprint density at radius 1 is 0.971 bits per heavy atom. The van der Waals surface area contributed by atoms with Crippen LogP contribution in [0.2, 0.25) is 0 Å². The van der Waals surface area contributed by atoms with Gasteiger partial charge in [0, 0.05) is 29.9 Å². The summed E-state index contributed by atoms with van der Waals surface area (Å²) in [7, 11) is -2.25. The number of nitrogens with zero attached hydrogens (tertiary/aromatic N) is 1. The Balaban J connectivity index is 1.73. The molecule has 2 aromatic carbocycles. The highest BCUT2D eigenvalue weighted by Crippen LogP contribution is 2.27. The summed E-state index contributed by atoms with van der Waals surface area (Å²) in [4.78, 5) is 24.7. The number of amides is 2. The van der Waals surface area contributed by atoms with Crippen molar-refractivity contribution < 1.29 is 31.2 Å². The Bertz CT molecular complexity index is 1150. The summed E-state index contributed by atoms with van der Waals surface area (Å²) in [5.41, 5.74) is 0.203. The highest BCUT2D eigenvalue weighted by atomic mass is 32.2. The monoisotopic (exact) mass is 497 g/mol. The number of halogens is 3. The average molecular weight is 498 g/mol. The van der Waals surface area contributed by atoms with Crippen LogP contribution in [-0.2, 0) is 10.0 Å². The van der Waals surface area contributed by atoms with Crippen molar-refractivity contribution in [2.24, 2.45) is 0 Å². The van der Waals surface area contributed by atoms with Crippen molar-refractivity contribution in [2.45, 2.75) is 49.2 Å². The highest BCUT2D eigenvalue weighted by Gasteiger charge is 2.30. The second-order valence-corrected chi connectivity index (χ2v) is 10.2. The van der Waals surface area contributed by atoms with Gasteiger partial charge in [-0.05, 0) is 49.2 Å². The molecule has 1 aliphatic rings. The third kappa shape index (κ3) is 6.57. The number of anilines is 1. The minimum Gasteiger partial charge on any atom is -0.343 e. The summed E-state index contributed by atoms with van der Waals surface area (Å²) in [5.74, 6) is -1.56. The Labute approximate surface area is 196 Å². The lowest BCUT2D eigenvalue weighted by atomic mass is 9.96. The highest BCUT2D eigenvalue weighted by molar-refractivity contribution is 7.89. The van der Waals surface area contributed by atoms with Gasteiger partial charge in [-0.2, -0.15) is 17.5 Å². The standard InChI is InChI=1S/C23H26F3N3O4S/c1-29(19-10-3-2-4-11-19)34(32,33)20-12-6-8-17(14-20)22(31)28-18-9-5-7-16(13-18)21(30)27-15-23(24,25)26/h5-9,12-14,19H,2-4,10-11,15H2,1H3,(H,27,30)(H,28,31). The molecule has 0 radical (unpaired) electrons. The van der Waals surface area contributed by atoms with E-state index in [1.165, 1.54) is 52.8 Å². The predicted octanol–water partition coefficient (Wildman–Crippen LogP) is 4.18. The number of benzene rings is 2. The van der Waals surface area contributed by atoms with E-state index < -0.39 is 34.6 Å². The molecule has 0 spiro atoms. The van der Waals surface area contributed by atoms with E-state index in [1.54, 1.807) is 12.4 Å². The van der Waals surface area contributed by atoms with E-state index in [9.17, 15) is 31.2 Å². The number of hydrogen-bond acceptors (Lipinski definition) is 4. The first kappa shape index (κ1) is 25.7. The second-order valence-electron chi connectivity index (χ2n) is 8.17. The molecule has 34 heavy (non-hydrogen) atoms. The lowest BCUT2D eigenvalue weighted by Crippen LogP contribution is -2.38. The van der Waals surface area contributed by atoms with Crippen LogP contribution < -0.4 is 10.6 Å². The van der Waals surface area contributed by atoms with E-state index in [0.29, 0.717) is 0 Å². The topological polar surface area (TPSA) is 95.6 Å². The molecule has 2 amide bonds. The van der Waals surface area contributed by atoms with Gasteiger partial charge in [0.25, 0.3) is 11.8 Å². The molecule has 2 N–H and O–H groups in total. The summed E-state index contributed by atoms with van der Waals surface area (Å²) < 4.78 is 64.5. The number of carbonyl (C=O) groups excluding carboxylic acids is 2. The lowest BCUT2D eigenvalue weighted by molar-refractivity contribution is -0.123. The number of sulfonamides is 1. The van der Waals surface area contributed by atoms with Crippen molar-refractivity contribution in [3.8, 4) is 0 Å². The van der Waals surface area contributed by atoms with Crippen LogP contribution in [-0.4, -0.2) is 50.3 Å². The van der Waals surface area contributed by atoms with Crippen LogP contribution in [0.4, 0.5) is 18.9 Å². The van der Waals surface area contributed by atoms with E-state index in [0.717, 1.165) is 32.1 Å². The molecule has 3 rings (SSSR count). The van der Waals surface area contributed by atoms with Crippen LogP contribution in [0.5, 0.6) is 0 Å². The minimum atomic E-state index is -4.54. The number of nitrogens with one attached hydrogen (secondary N) is 2. The molecule has 184 valence electrons. The van der Waals surface area contributed by atoms with E-state index in [4.69, 9.17) is 0 Å². The van der Waals surface area contributed by atoms with Crippen molar-refractivity contribution in [1.82, 2.24) is 9.62 Å². The zero-order valence-corrected chi connectivity index (χ0v) is 19.4. The van der Waals surface area contributed by atoms with Crippen LogP contribution in [0.15, 0.2) is 53.4 Å². The van der Waals surface area contributed by atoms with Gasteiger partial charge in [0.2, 0.25) is 10.0 Å². The fourth-order valence-electron chi connectivity index (χ4n) is 3.83. The van der Waals surface area contributed by atoms with Crippen LogP contribution >= 0.6 is 0 Å². The zero-order valence-electron chi connectivity index (χ0n) is 18.6. The Hall–Kier alpha value is -2.92. The molecule has 0 aliphatic heterocycles. The first-order chi connectivity index (χ1) is 16.0. The summed E-state index contributed by atoms with van der Waals surface area (Å²) in [6.45, 7) is -1.47. The maximum absolute atomic E-state index is 13.1. The quantitative estimate of drug-likeness (QED) is 0.600. The molecule has 7 nitrogen and oxygen atoms in total. The Kier molecular flexibility index (Phi) is 7.98. The molecule has 0 unspecified atom stereocenters. The Morgan fingerprint density at radius 2 is 1.59 bits per heavy atom. The van der Waals surface area contributed by atoms with Gasteiger partial charge in [0.1, 0.15) is 6.54 Å². The van der Waals surface area contributed by atoms with Crippen molar-refractivity contribution in [3.05, 3.63) is 59.7 Å². The first-order valence-corrected chi connectivity index (χ1v) is 12.3. The van der Waals surface area contributed by atoms with Gasteiger partial charge < -0.3 is 10.6 Å². The van der Waals surface area contributed by atoms with Gasteiger partial charge in [-0.1, -0.05) is 31.4 Å². The van der Waals surface area contributed by atoms with Gasteiger partial charge in [-0.25, -0.2) is 8.42 Å². The summed E-state index contributed by atoms with van der Waals surface area (Å²) >= 11 is 0. The molecule has 1 aliphatic carbocycles. The SMILES string of the molecule is CN(C1CCCCC1)S(=O)(=O)c1cccc(C(=O)Nc2cccc(C(=O)NCC(F)(F)F)c2)c1. The van der Waals surface area contributed by atoms with Crippen LogP contribution in [0, 0.1) is 0 Å². The molecule has 11 heteroatoms. The van der Waals surface area contributed by atoms with Crippen molar-refractivity contribution in [2.75, 3.05) is 18.9 Å². The fraction of sp³-hybridized carbons (Fsp3) is 0.391. The predicted molar refractivity (Wildman–Crippen MR) is 121 cm³/mol. The molecule has 0 saturated heterocycles. The largest absolute Gasteiger partial charge is 0.405 e. The van der Waals surface area contributed by atoms with Crippen LogP contribution in [0.3, 0.4) is 0 Å². The first-order valence-electron chi connectivity index (χ1n) is 10.8. The number of rotatable bonds is 7. The molecule has 0 heterocycles. The zero-order chi connectivity index (χ0) is 24.9. The summed E-state index contributed by atoms with van der Waals surface area (Å²) in [5, 5.41) is 4.31. The van der Waals surface area contributed by atoms with E-state index in [-0.39, 0.29) is 27.8 Å². The van der Waals surface area contributed by atoms with Crippen molar-refractivity contribution in [1.29, 1.82) is 0 Å². The second kappa shape index (κ2) is 10.6. The maximum atomic E-state index is 13.1. The Morgan fingerprint density at radius 3 is 2.24 bits per heavy atom. The third-order valence-electron chi connectivity index (χ3n) is 5.69. The van der Waals surface area contributed by atoms with E-state index in [2.05, 4.69) is 5.32 Å². The van der Waals surface area contributed by atoms with Gasteiger partial charge in [-0.3, -0.25) is 9.59 Å². The van der Waals surface area contributed by atoms with E-state index >= 15 is 0 Å². The normalized spacial score (nSPS) is 15.2.